The molecule has 1 amide bonds. The molecule has 7 nitrogen and oxygen atoms in total. The fourth-order valence-electron chi connectivity index (χ4n) is 3.20. The van der Waals surface area contributed by atoms with Crippen LogP contribution in [0.25, 0.3) is 0 Å². The van der Waals surface area contributed by atoms with Gasteiger partial charge < -0.3 is 14.9 Å². The zero-order valence-electron chi connectivity index (χ0n) is 19.1. The van der Waals surface area contributed by atoms with Gasteiger partial charge in [-0.2, -0.15) is 0 Å². The van der Waals surface area contributed by atoms with Crippen molar-refractivity contribution < 1.29 is 24.5 Å². The summed E-state index contributed by atoms with van der Waals surface area (Å²) < 4.78 is 1.33. The van der Waals surface area contributed by atoms with E-state index in [2.05, 4.69) is 4.90 Å². The van der Waals surface area contributed by atoms with Crippen LogP contribution in [0.15, 0.2) is 36.4 Å². The van der Waals surface area contributed by atoms with E-state index in [1.54, 1.807) is 18.2 Å². The van der Waals surface area contributed by atoms with Gasteiger partial charge in [0.05, 0.1) is 12.6 Å². The molecule has 178 valence electrons. The average Bonchev–Trinajstić information content (AvgIpc) is 2.80. The molecule has 0 unspecified atom stereocenters. The van der Waals surface area contributed by atoms with Crippen molar-refractivity contribution in [2.75, 3.05) is 31.1 Å². The molecule has 1 N–H and O–H groups in total. The predicted octanol–water partition coefficient (Wildman–Crippen LogP) is 5.08. The highest BCUT2D eigenvalue weighted by atomic mass is 127. The largest absolute Gasteiger partial charge is 0.506 e. The molecule has 0 atom stereocenters. The average molecular weight is 678 g/mol. The van der Waals surface area contributed by atoms with E-state index in [0.29, 0.717) is 44.6 Å². The minimum absolute atomic E-state index is 0.0396. The predicted molar refractivity (Wildman–Crippen MR) is 143 cm³/mol. The molecule has 0 saturated carbocycles. The van der Waals surface area contributed by atoms with Crippen LogP contribution in [0, 0.1) is 18.5 Å². The Morgan fingerprint density at radius 3 is 2.21 bits per heavy atom. The van der Waals surface area contributed by atoms with Crippen molar-refractivity contribution in [1.82, 2.24) is 4.90 Å². The molecule has 0 spiro atoms. The van der Waals surface area contributed by atoms with Crippen LogP contribution in [0.5, 0.6) is 11.5 Å². The number of phenolic OH excluding ortho intramolecular Hbond substituents is 1. The fraction of sp³-hybridized carbons (Fsp3) is 0.417. The molecule has 2 aromatic rings. The molecule has 3 rings (SSSR count). The van der Waals surface area contributed by atoms with Crippen molar-refractivity contribution >= 4 is 62.7 Å². The topological polar surface area (TPSA) is 79.3 Å². The number of anilines is 1. The molecule has 1 saturated heterocycles. The number of piperazine rings is 1. The molecular weight excluding hydrogens is 650 g/mol. The summed E-state index contributed by atoms with van der Waals surface area (Å²) in [6.07, 6.45) is 0. The second-order valence-corrected chi connectivity index (χ2v) is 11.2. The van der Waals surface area contributed by atoms with Gasteiger partial charge in [0.25, 0.3) is 5.91 Å². The molecule has 0 aromatic heterocycles. The summed E-state index contributed by atoms with van der Waals surface area (Å²) in [6.45, 7) is 10.1. The van der Waals surface area contributed by atoms with Gasteiger partial charge in [-0.15, -0.1) is 0 Å². The summed E-state index contributed by atoms with van der Waals surface area (Å²) in [7, 11) is 0. The van der Waals surface area contributed by atoms with E-state index in [1.807, 2.05) is 96.0 Å². The van der Waals surface area contributed by atoms with Crippen molar-refractivity contribution in [1.29, 1.82) is 0 Å². The van der Waals surface area contributed by atoms with E-state index in [4.69, 9.17) is 9.78 Å². The Hall–Kier alpha value is -1.76. The maximum absolute atomic E-state index is 12.9. The lowest BCUT2D eigenvalue weighted by molar-refractivity contribution is -0.226. The zero-order chi connectivity index (χ0) is 24.3. The highest BCUT2D eigenvalue weighted by Gasteiger charge is 2.34. The molecule has 0 aliphatic carbocycles. The monoisotopic (exact) mass is 678 g/mol. The van der Waals surface area contributed by atoms with Crippen molar-refractivity contribution in [3.8, 4) is 11.5 Å². The number of phenols is 1. The summed E-state index contributed by atoms with van der Waals surface area (Å²) in [5.41, 5.74) is 0.873. The third kappa shape index (κ3) is 6.03. The number of aromatic hydroxyl groups is 1. The molecule has 1 aliphatic heterocycles. The Bertz CT molecular complexity index is 1010. The van der Waals surface area contributed by atoms with E-state index >= 15 is 0 Å². The Morgan fingerprint density at radius 1 is 1.03 bits per heavy atom. The van der Waals surface area contributed by atoms with Gasteiger partial charge in [-0.25, -0.2) is 9.68 Å². The van der Waals surface area contributed by atoms with Gasteiger partial charge in [0, 0.05) is 43.5 Å². The first-order valence-corrected chi connectivity index (χ1v) is 12.9. The van der Waals surface area contributed by atoms with Gasteiger partial charge in [0.15, 0.2) is 5.75 Å². The standard InChI is InChI=1S/C24H28I2N2O5/c1-15(2)24(3,4)23(31)33-32-18-7-5-6-17(14-18)27-8-10-28(11-9-27)22(30)16-12-19(25)21(29)20(26)13-16/h5-7,12-15,29H,8-11H2,1-4H3. The number of nitrogens with zero attached hydrogens (tertiary/aromatic N) is 2. The highest BCUT2D eigenvalue weighted by Crippen LogP contribution is 2.30. The first-order chi connectivity index (χ1) is 15.5. The Kier molecular flexibility index (Phi) is 8.35. The SMILES string of the molecule is CC(C)C(C)(C)C(=O)OOc1cccc(N2CCN(C(=O)c3cc(I)c(O)c(I)c3)CC2)c1. The van der Waals surface area contributed by atoms with E-state index in [-0.39, 0.29) is 17.6 Å². The van der Waals surface area contributed by atoms with Crippen molar-refractivity contribution in [2.24, 2.45) is 11.3 Å². The zero-order valence-corrected chi connectivity index (χ0v) is 23.4. The third-order valence-electron chi connectivity index (χ3n) is 6.20. The number of carbonyl (C=O) groups is 2. The summed E-state index contributed by atoms with van der Waals surface area (Å²) >= 11 is 4.07. The van der Waals surface area contributed by atoms with Gasteiger partial charge in [-0.3, -0.25) is 9.68 Å². The van der Waals surface area contributed by atoms with Crippen LogP contribution < -0.4 is 9.79 Å². The van der Waals surface area contributed by atoms with Crippen LogP contribution >= 0.6 is 45.2 Å². The number of benzene rings is 2. The van der Waals surface area contributed by atoms with Crippen molar-refractivity contribution in [3.05, 3.63) is 49.1 Å². The van der Waals surface area contributed by atoms with E-state index in [9.17, 15) is 14.7 Å². The first-order valence-electron chi connectivity index (χ1n) is 10.7. The van der Waals surface area contributed by atoms with Crippen LogP contribution in [-0.2, 0) is 9.68 Å². The van der Waals surface area contributed by atoms with Crippen LogP contribution in [0.1, 0.15) is 38.1 Å². The molecule has 0 radical (unpaired) electrons. The summed E-state index contributed by atoms with van der Waals surface area (Å²) in [4.78, 5) is 39.7. The molecule has 1 aliphatic rings. The van der Waals surface area contributed by atoms with Gasteiger partial charge in [-0.05, 0) is 89.2 Å². The maximum Gasteiger partial charge on any atom is 0.361 e. The lowest BCUT2D eigenvalue weighted by Gasteiger charge is -2.36. The molecule has 1 fully saturated rings. The van der Waals surface area contributed by atoms with Gasteiger partial charge in [-0.1, -0.05) is 19.9 Å². The smallest absolute Gasteiger partial charge is 0.361 e. The Morgan fingerprint density at radius 2 is 1.64 bits per heavy atom. The van der Waals surface area contributed by atoms with Crippen LogP contribution in [0.2, 0.25) is 0 Å². The number of amides is 1. The second kappa shape index (κ2) is 10.7. The van der Waals surface area contributed by atoms with Crippen molar-refractivity contribution in [3.63, 3.8) is 0 Å². The molecular formula is C24H28I2N2O5. The van der Waals surface area contributed by atoms with Crippen LogP contribution in [0.4, 0.5) is 5.69 Å². The maximum atomic E-state index is 12.9. The number of carbonyl (C=O) groups excluding carboxylic acids is 2. The van der Waals surface area contributed by atoms with E-state index in [1.165, 1.54) is 0 Å². The van der Waals surface area contributed by atoms with Gasteiger partial charge >= 0.3 is 5.97 Å². The van der Waals surface area contributed by atoms with Crippen molar-refractivity contribution in [2.45, 2.75) is 27.7 Å². The van der Waals surface area contributed by atoms with Crippen LogP contribution in [-0.4, -0.2) is 48.1 Å². The van der Waals surface area contributed by atoms with E-state index in [0.717, 1.165) is 5.69 Å². The molecule has 9 heteroatoms. The molecule has 1 heterocycles. The second-order valence-electron chi connectivity index (χ2n) is 8.90. The van der Waals surface area contributed by atoms with E-state index < -0.39 is 11.4 Å². The third-order valence-corrected chi connectivity index (χ3v) is 7.84. The Balaban J connectivity index is 1.60. The summed E-state index contributed by atoms with van der Waals surface area (Å²) in [6, 6.07) is 10.8. The van der Waals surface area contributed by atoms with Gasteiger partial charge in [0.2, 0.25) is 0 Å². The number of hydrogen-bond acceptors (Lipinski definition) is 6. The molecule has 33 heavy (non-hydrogen) atoms. The fourth-order valence-corrected chi connectivity index (χ4v) is 4.97. The lowest BCUT2D eigenvalue weighted by Crippen LogP contribution is -2.48. The minimum Gasteiger partial charge on any atom is -0.506 e. The first kappa shape index (κ1) is 25.9. The summed E-state index contributed by atoms with van der Waals surface area (Å²) in [5, 5.41) is 9.95. The molecule has 2 aromatic carbocycles. The highest BCUT2D eigenvalue weighted by molar-refractivity contribution is 14.1. The molecule has 0 bridgehead atoms. The number of halogens is 2. The lowest BCUT2D eigenvalue weighted by atomic mass is 9.81. The number of rotatable bonds is 6. The van der Waals surface area contributed by atoms with Crippen LogP contribution in [0.3, 0.4) is 0 Å². The Labute approximate surface area is 221 Å². The normalized spacial score (nSPS) is 14.4. The summed E-state index contributed by atoms with van der Waals surface area (Å²) in [5.74, 6) is 0.327. The number of hydrogen-bond donors (Lipinski definition) is 1. The quantitative estimate of drug-likeness (QED) is 0.261. The minimum atomic E-state index is -0.645. The van der Waals surface area contributed by atoms with Gasteiger partial charge in [0.1, 0.15) is 5.75 Å².